The maximum Gasteiger partial charge on any atom is 0.243 e. The van der Waals surface area contributed by atoms with Crippen molar-refractivity contribution in [1.29, 1.82) is 0 Å². The predicted molar refractivity (Wildman–Crippen MR) is 121 cm³/mol. The van der Waals surface area contributed by atoms with Gasteiger partial charge in [-0.2, -0.15) is 0 Å². The second-order valence-corrected chi connectivity index (χ2v) is 9.22. The Morgan fingerprint density at radius 1 is 1.16 bits per heavy atom. The van der Waals surface area contributed by atoms with Crippen molar-refractivity contribution in [3.8, 4) is 0 Å². The molecule has 3 amide bonds. The minimum Gasteiger partial charge on any atom is -0.394 e. The van der Waals surface area contributed by atoms with Gasteiger partial charge in [0.05, 0.1) is 24.5 Å². The van der Waals surface area contributed by atoms with E-state index in [1.54, 1.807) is 11.9 Å². The van der Waals surface area contributed by atoms with Gasteiger partial charge in [-0.05, 0) is 31.6 Å². The number of carbonyl (C=O) groups excluding carboxylic acids is 3. The van der Waals surface area contributed by atoms with Gasteiger partial charge in [-0.1, -0.05) is 52.7 Å². The van der Waals surface area contributed by atoms with Gasteiger partial charge in [-0.15, -0.1) is 0 Å². The summed E-state index contributed by atoms with van der Waals surface area (Å²) in [7, 11) is 1.59. The Kier molecular flexibility index (Phi) is 9.10. The zero-order valence-corrected chi connectivity index (χ0v) is 19.9. The summed E-state index contributed by atoms with van der Waals surface area (Å²) in [5.74, 6) is -2.06. The van der Waals surface area contributed by atoms with E-state index in [-0.39, 0.29) is 48.1 Å². The van der Waals surface area contributed by atoms with Crippen LogP contribution in [0.4, 0.5) is 0 Å². The van der Waals surface area contributed by atoms with Crippen LogP contribution < -0.4 is 10.6 Å². The monoisotopic (exact) mass is 435 g/mol. The number of nitrogens with one attached hydrogen (secondary N) is 2. The number of rotatable bonds is 10. The van der Waals surface area contributed by atoms with Crippen molar-refractivity contribution in [3.63, 3.8) is 0 Å². The Balaban J connectivity index is 2.53. The molecule has 1 unspecified atom stereocenters. The predicted octanol–water partition coefficient (Wildman–Crippen LogP) is 2.10. The van der Waals surface area contributed by atoms with E-state index in [4.69, 9.17) is 0 Å². The van der Waals surface area contributed by atoms with Crippen molar-refractivity contribution >= 4 is 17.7 Å². The Hall–Kier alpha value is -1.89. The first kappa shape index (κ1) is 25.4. The molecule has 0 aromatic carbocycles. The molecule has 1 heterocycles. The molecule has 0 radical (unpaired) electrons. The maximum absolute atomic E-state index is 13.8. The number of nitrogens with zero attached hydrogens (tertiary/aromatic N) is 1. The number of likely N-dealkylation sites (tertiary alicyclic amines) is 1. The first-order chi connectivity index (χ1) is 14.8. The third-order valence-electron chi connectivity index (χ3n) is 7.29. The van der Waals surface area contributed by atoms with Crippen molar-refractivity contribution in [2.45, 2.75) is 78.4 Å². The zero-order chi connectivity index (χ0) is 23.3. The SMILES string of the molecule is CCCC(C)NC(=O)[C@@H]1[C@H]2C=C[C@@H](CC)[C@@H](C(=O)NC)[C@H]2C(=O)N1[C@@H](CO)[C@@H](C)CC. The van der Waals surface area contributed by atoms with Crippen LogP contribution >= 0.6 is 0 Å². The Bertz CT molecular complexity index is 680. The molecule has 0 bridgehead atoms. The fourth-order valence-electron chi connectivity index (χ4n) is 5.36. The molecule has 176 valence electrons. The number of carbonyl (C=O) groups is 3. The van der Waals surface area contributed by atoms with Gasteiger partial charge in [0.15, 0.2) is 0 Å². The molecule has 31 heavy (non-hydrogen) atoms. The van der Waals surface area contributed by atoms with Gasteiger partial charge in [0, 0.05) is 19.0 Å². The number of amides is 3. The van der Waals surface area contributed by atoms with Crippen molar-refractivity contribution in [1.82, 2.24) is 15.5 Å². The molecule has 3 N–H and O–H groups in total. The molecule has 1 aliphatic heterocycles. The van der Waals surface area contributed by atoms with Crippen LogP contribution in [0.5, 0.6) is 0 Å². The summed E-state index contributed by atoms with van der Waals surface area (Å²) < 4.78 is 0. The van der Waals surface area contributed by atoms with Crippen LogP contribution in [-0.4, -0.2) is 59.5 Å². The first-order valence-corrected chi connectivity index (χ1v) is 11.9. The van der Waals surface area contributed by atoms with Gasteiger partial charge >= 0.3 is 0 Å². The van der Waals surface area contributed by atoms with E-state index in [9.17, 15) is 19.5 Å². The van der Waals surface area contributed by atoms with Gasteiger partial charge in [0.25, 0.3) is 0 Å². The highest BCUT2D eigenvalue weighted by molar-refractivity contribution is 5.97. The van der Waals surface area contributed by atoms with Crippen LogP contribution in [0.2, 0.25) is 0 Å². The van der Waals surface area contributed by atoms with E-state index >= 15 is 0 Å². The summed E-state index contributed by atoms with van der Waals surface area (Å²) >= 11 is 0. The lowest BCUT2D eigenvalue weighted by atomic mass is 9.69. The molecule has 8 atom stereocenters. The topological polar surface area (TPSA) is 98.7 Å². The minimum absolute atomic E-state index is 0.00428. The summed E-state index contributed by atoms with van der Waals surface area (Å²) in [5.41, 5.74) is 0. The van der Waals surface area contributed by atoms with Crippen molar-refractivity contribution in [2.75, 3.05) is 13.7 Å². The van der Waals surface area contributed by atoms with E-state index in [2.05, 4.69) is 17.6 Å². The average Bonchev–Trinajstić information content (AvgIpc) is 3.05. The molecule has 0 aromatic heterocycles. The van der Waals surface area contributed by atoms with E-state index < -0.39 is 23.9 Å². The van der Waals surface area contributed by atoms with Crippen LogP contribution in [-0.2, 0) is 14.4 Å². The Morgan fingerprint density at radius 2 is 1.84 bits per heavy atom. The molecule has 0 aromatic rings. The molecule has 1 fully saturated rings. The molecule has 7 heteroatoms. The van der Waals surface area contributed by atoms with Crippen molar-refractivity contribution in [3.05, 3.63) is 12.2 Å². The number of hydrogen-bond donors (Lipinski definition) is 3. The Labute approximate surface area is 187 Å². The highest BCUT2D eigenvalue weighted by Gasteiger charge is 2.58. The minimum atomic E-state index is -0.718. The maximum atomic E-state index is 13.8. The zero-order valence-electron chi connectivity index (χ0n) is 19.9. The van der Waals surface area contributed by atoms with Gasteiger partial charge in [-0.25, -0.2) is 0 Å². The fourth-order valence-corrected chi connectivity index (χ4v) is 5.36. The largest absolute Gasteiger partial charge is 0.394 e. The number of aliphatic hydroxyl groups is 1. The molecule has 1 saturated heterocycles. The first-order valence-electron chi connectivity index (χ1n) is 11.9. The van der Waals surface area contributed by atoms with Crippen LogP contribution in [0.3, 0.4) is 0 Å². The second-order valence-electron chi connectivity index (χ2n) is 9.22. The molecule has 2 rings (SSSR count). The van der Waals surface area contributed by atoms with E-state index in [1.165, 1.54) is 0 Å². The summed E-state index contributed by atoms with van der Waals surface area (Å²) in [6, 6.07) is -1.18. The molecule has 0 spiro atoms. The smallest absolute Gasteiger partial charge is 0.243 e. The average molecular weight is 436 g/mol. The van der Waals surface area contributed by atoms with Gasteiger partial charge in [0.2, 0.25) is 17.7 Å². The molecule has 1 aliphatic carbocycles. The summed E-state index contributed by atoms with van der Waals surface area (Å²) in [6.07, 6.45) is 7.29. The number of aliphatic hydroxyl groups excluding tert-OH is 1. The lowest BCUT2D eigenvalue weighted by molar-refractivity contribution is -0.144. The lowest BCUT2D eigenvalue weighted by Crippen LogP contribution is -2.55. The van der Waals surface area contributed by atoms with Crippen LogP contribution in [0.1, 0.15) is 60.3 Å². The van der Waals surface area contributed by atoms with Crippen LogP contribution in [0, 0.1) is 29.6 Å². The normalized spacial score (nSPS) is 30.5. The van der Waals surface area contributed by atoms with Gasteiger partial charge in [0.1, 0.15) is 6.04 Å². The van der Waals surface area contributed by atoms with E-state index in [0.717, 1.165) is 25.7 Å². The summed E-state index contributed by atoms with van der Waals surface area (Å²) in [5, 5.41) is 16.0. The highest BCUT2D eigenvalue weighted by atomic mass is 16.3. The summed E-state index contributed by atoms with van der Waals surface area (Å²) in [6.45, 7) is 9.84. The van der Waals surface area contributed by atoms with E-state index in [1.807, 2.05) is 39.8 Å². The fraction of sp³-hybridized carbons (Fsp3) is 0.792. The molecular formula is C24H41N3O4. The van der Waals surface area contributed by atoms with Crippen molar-refractivity contribution in [2.24, 2.45) is 29.6 Å². The Morgan fingerprint density at radius 3 is 2.35 bits per heavy atom. The van der Waals surface area contributed by atoms with Crippen molar-refractivity contribution < 1.29 is 19.5 Å². The number of allylic oxidation sites excluding steroid dienone is 1. The van der Waals surface area contributed by atoms with Gasteiger partial charge < -0.3 is 20.6 Å². The lowest BCUT2D eigenvalue weighted by Gasteiger charge is -2.36. The second kappa shape index (κ2) is 11.1. The number of hydrogen-bond acceptors (Lipinski definition) is 4. The third kappa shape index (κ3) is 4.97. The molecule has 2 aliphatic rings. The molecular weight excluding hydrogens is 394 g/mol. The van der Waals surface area contributed by atoms with E-state index in [0.29, 0.717) is 0 Å². The molecule has 0 saturated carbocycles. The quantitative estimate of drug-likeness (QED) is 0.458. The third-order valence-corrected chi connectivity index (χ3v) is 7.29. The molecule has 7 nitrogen and oxygen atoms in total. The highest BCUT2D eigenvalue weighted by Crippen LogP contribution is 2.46. The van der Waals surface area contributed by atoms with Crippen LogP contribution in [0.15, 0.2) is 12.2 Å². The standard InChI is InChI=1S/C24H41N3O4/c1-7-10-15(5)26-23(30)21-17-12-11-16(9-3)19(22(29)25-6)20(17)24(31)27(21)18(13-28)14(4)8-2/h11-12,14-21,28H,7-10,13H2,1-6H3,(H,25,29)(H,26,30)/t14-,15?,16+,17-,18-,19+,20-,21-/m0/s1. The van der Waals surface area contributed by atoms with Gasteiger partial charge in [-0.3, -0.25) is 14.4 Å². The number of fused-ring (bicyclic) bond motifs is 1. The summed E-state index contributed by atoms with van der Waals surface area (Å²) in [4.78, 5) is 41.7. The van der Waals surface area contributed by atoms with Crippen LogP contribution in [0.25, 0.3) is 0 Å².